The number of aliphatic hydroxyl groups is 1. The lowest BCUT2D eigenvalue weighted by Gasteiger charge is -2.36. The molecule has 0 bridgehead atoms. The molecule has 0 aromatic rings. The first kappa shape index (κ1) is 12.5. The highest BCUT2D eigenvalue weighted by Gasteiger charge is 2.33. The summed E-state index contributed by atoms with van der Waals surface area (Å²) in [4.78, 5) is 11.4. The Hall–Kier alpha value is -0.610. The van der Waals surface area contributed by atoms with E-state index in [2.05, 4.69) is 10.6 Å². The Labute approximate surface area is 91.4 Å². The second kappa shape index (κ2) is 4.49. The number of nitrogens with one attached hydrogen (secondary N) is 2. The molecule has 3 N–H and O–H groups in total. The van der Waals surface area contributed by atoms with Gasteiger partial charge in [0.05, 0.1) is 12.1 Å². The zero-order valence-corrected chi connectivity index (χ0v) is 9.89. The van der Waals surface area contributed by atoms with Crippen LogP contribution in [0.1, 0.15) is 40.0 Å². The van der Waals surface area contributed by atoms with Crippen molar-refractivity contribution < 1.29 is 9.90 Å². The van der Waals surface area contributed by atoms with Crippen molar-refractivity contribution in [2.24, 2.45) is 0 Å². The standard InChI is InChI=1S/C11H22N2O2/c1-10(2,3)13-9(14)7-12-8-11(15)5-4-6-11/h12,15H,4-8H2,1-3H3,(H,13,14). The minimum absolute atomic E-state index is 0.0228. The molecule has 1 aliphatic carbocycles. The third-order valence-electron chi connectivity index (χ3n) is 2.54. The molecule has 0 atom stereocenters. The lowest BCUT2D eigenvalue weighted by atomic mass is 9.80. The minimum atomic E-state index is -0.554. The normalized spacial score (nSPS) is 19.5. The summed E-state index contributed by atoms with van der Waals surface area (Å²) in [7, 11) is 0. The number of hydrogen-bond donors (Lipinski definition) is 3. The summed E-state index contributed by atoms with van der Waals surface area (Å²) in [6.45, 7) is 6.64. The third-order valence-corrected chi connectivity index (χ3v) is 2.54. The van der Waals surface area contributed by atoms with Crippen LogP contribution in [0.5, 0.6) is 0 Å². The van der Waals surface area contributed by atoms with Gasteiger partial charge in [-0.3, -0.25) is 4.79 Å². The van der Waals surface area contributed by atoms with Crippen molar-refractivity contribution in [2.75, 3.05) is 13.1 Å². The van der Waals surface area contributed by atoms with Gasteiger partial charge in [0.25, 0.3) is 0 Å². The van der Waals surface area contributed by atoms with Crippen molar-refractivity contribution >= 4 is 5.91 Å². The summed E-state index contributed by atoms with van der Waals surface area (Å²) in [5, 5.41) is 15.6. The molecule has 1 aliphatic rings. The van der Waals surface area contributed by atoms with E-state index in [4.69, 9.17) is 0 Å². The smallest absolute Gasteiger partial charge is 0.234 e. The van der Waals surface area contributed by atoms with Gasteiger partial charge in [0.1, 0.15) is 0 Å². The Bertz CT molecular complexity index is 229. The zero-order chi connectivity index (χ0) is 11.5. The lowest BCUT2D eigenvalue weighted by molar-refractivity contribution is -0.121. The highest BCUT2D eigenvalue weighted by atomic mass is 16.3. The monoisotopic (exact) mass is 214 g/mol. The maximum atomic E-state index is 11.4. The van der Waals surface area contributed by atoms with E-state index in [-0.39, 0.29) is 18.0 Å². The molecule has 4 heteroatoms. The van der Waals surface area contributed by atoms with Crippen LogP contribution < -0.4 is 10.6 Å². The highest BCUT2D eigenvalue weighted by Crippen LogP contribution is 2.30. The molecule has 88 valence electrons. The molecule has 0 saturated heterocycles. The van der Waals surface area contributed by atoms with Crippen molar-refractivity contribution in [3.05, 3.63) is 0 Å². The number of amides is 1. The Morgan fingerprint density at radius 3 is 2.40 bits per heavy atom. The Balaban J connectivity index is 2.12. The van der Waals surface area contributed by atoms with E-state index in [1.54, 1.807) is 0 Å². The fraction of sp³-hybridized carbons (Fsp3) is 0.909. The quantitative estimate of drug-likeness (QED) is 0.635. The topological polar surface area (TPSA) is 61.4 Å². The molecule has 0 spiro atoms. The molecule has 15 heavy (non-hydrogen) atoms. The molecule has 1 fully saturated rings. The first-order valence-corrected chi connectivity index (χ1v) is 5.55. The van der Waals surface area contributed by atoms with E-state index >= 15 is 0 Å². The van der Waals surface area contributed by atoms with Crippen LogP contribution in [0.4, 0.5) is 0 Å². The van der Waals surface area contributed by atoms with E-state index in [1.807, 2.05) is 20.8 Å². The Morgan fingerprint density at radius 1 is 1.40 bits per heavy atom. The summed E-state index contributed by atoms with van der Waals surface area (Å²) in [6, 6.07) is 0. The van der Waals surface area contributed by atoms with Crippen molar-refractivity contribution in [3.8, 4) is 0 Å². The predicted octanol–water partition coefficient (Wildman–Crippen LogP) is 0.406. The van der Waals surface area contributed by atoms with Gasteiger partial charge in [0, 0.05) is 12.1 Å². The van der Waals surface area contributed by atoms with Crippen LogP contribution in [0, 0.1) is 0 Å². The molecular weight excluding hydrogens is 192 g/mol. The van der Waals surface area contributed by atoms with Gasteiger partial charge in [0.15, 0.2) is 0 Å². The van der Waals surface area contributed by atoms with Gasteiger partial charge in [-0.2, -0.15) is 0 Å². The summed E-state index contributed by atoms with van der Waals surface area (Å²) in [5.41, 5.74) is -0.742. The molecule has 1 saturated carbocycles. The number of carbonyl (C=O) groups excluding carboxylic acids is 1. The molecule has 0 heterocycles. The molecule has 4 nitrogen and oxygen atoms in total. The van der Waals surface area contributed by atoms with Gasteiger partial charge in [-0.25, -0.2) is 0 Å². The Kier molecular flexibility index (Phi) is 3.73. The summed E-state index contributed by atoms with van der Waals surface area (Å²) in [5.74, 6) is -0.0228. The van der Waals surface area contributed by atoms with Crippen LogP contribution in [0.3, 0.4) is 0 Å². The molecular formula is C11H22N2O2. The van der Waals surface area contributed by atoms with Crippen LogP contribution in [-0.2, 0) is 4.79 Å². The van der Waals surface area contributed by atoms with Crippen molar-refractivity contribution in [1.29, 1.82) is 0 Å². The number of hydrogen-bond acceptors (Lipinski definition) is 3. The van der Waals surface area contributed by atoms with E-state index in [0.717, 1.165) is 19.3 Å². The molecule has 1 rings (SSSR count). The van der Waals surface area contributed by atoms with Crippen LogP contribution in [-0.4, -0.2) is 35.2 Å². The second-order valence-electron chi connectivity index (χ2n) is 5.48. The fourth-order valence-corrected chi connectivity index (χ4v) is 1.63. The average Bonchev–Trinajstić information content (AvgIpc) is 1.97. The molecule has 0 aliphatic heterocycles. The van der Waals surface area contributed by atoms with Crippen molar-refractivity contribution in [3.63, 3.8) is 0 Å². The molecule has 0 radical (unpaired) electrons. The van der Waals surface area contributed by atoms with Gasteiger partial charge in [-0.15, -0.1) is 0 Å². The van der Waals surface area contributed by atoms with Gasteiger partial charge < -0.3 is 15.7 Å². The first-order valence-electron chi connectivity index (χ1n) is 5.55. The minimum Gasteiger partial charge on any atom is -0.389 e. The molecule has 1 amide bonds. The molecule has 0 aromatic carbocycles. The van der Waals surface area contributed by atoms with Gasteiger partial charge >= 0.3 is 0 Å². The number of carbonyl (C=O) groups is 1. The lowest BCUT2D eigenvalue weighted by Crippen LogP contribution is -2.50. The maximum Gasteiger partial charge on any atom is 0.234 e. The van der Waals surface area contributed by atoms with E-state index in [1.165, 1.54) is 0 Å². The predicted molar refractivity (Wildman–Crippen MR) is 59.6 cm³/mol. The van der Waals surface area contributed by atoms with Crippen molar-refractivity contribution in [2.45, 2.75) is 51.2 Å². The van der Waals surface area contributed by atoms with E-state index in [0.29, 0.717) is 6.54 Å². The van der Waals surface area contributed by atoms with Gasteiger partial charge in [-0.05, 0) is 40.0 Å². The average molecular weight is 214 g/mol. The third kappa shape index (κ3) is 4.62. The summed E-state index contributed by atoms with van der Waals surface area (Å²) < 4.78 is 0. The zero-order valence-electron chi connectivity index (χ0n) is 9.89. The van der Waals surface area contributed by atoms with Crippen LogP contribution in [0.25, 0.3) is 0 Å². The maximum absolute atomic E-state index is 11.4. The first-order chi connectivity index (χ1) is 6.81. The second-order valence-corrected chi connectivity index (χ2v) is 5.48. The van der Waals surface area contributed by atoms with Crippen LogP contribution >= 0.6 is 0 Å². The van der Waals surface area contributed by atoms with Gasteiger partial charge in [-0.1, -0.05) is 0 Å². The van der Waals surface area contributed by atoms with Crippen LogP contribution in [0.15, 0.2) is 0 Å². The van der Waals surface area contributed by atoms with Crippen molar-refractivity contribution in [1.82, 2.24) is 10.6 Å². The van der Waals surface area contributed by atoms with E-state index < -0.39 is 5.60 Å². The Morgan fingerprint density at radius 2 is 2.00 bits per heavy atom. The fourth-order valence-electron chi connectivity index (χ4n) is 1.63. The highest BCUT2D eigenvalue weighted by molar-refractivity contribution is 5.78. The molecule has 0 unspecified atom stereocenters. The largest absolute Gasteiger partial charge is 0.389 e. The SMILES string of the molecule is CC(C)(C)NC(=O)CNCC1(O)CCC1. The van der Waals surface area contributed by atoms with Gasteiger partial charge in [0.2, 0.25) is 5.91 Å². The van der Waals surface area contributed by atoms with Crippen LogP contribution in [0.2, 0.25) is 0 Å². The number of rotatable bonds is 4. The summed E-state index contributed by atoms with van der Waals surface area (Å²) in [6.07, 6.45) is 2.79. The summed E-state index contributed by atoms with van der Waals surface area (Å²) >= 11 is 0. The van der Waals surface area contributed by atoms with E-state index in [9.17, 15) is 9.90 Å². The molecule has 0 aromatic heterocycles.